The molecule has 0 saturated carbocycles. The number of hydrogen-bond acceptors (Lipinski definition) is 2. The lowest BCUT2D eigenvalue weighted by Gasteiger charge is -2.16. The van der Waals surface area contributed by atoms with Gasteiger partial charge in [0, 0.05) is 11.8 Å². The smallest absolute Gasteiger partial charge is 0.156 e. The molecule has 0 radical (unpaired) electrons. The van der Waals surface area contributed by atoms with Crippen molar-refractivity contribution < 1.29 is 9.21 Å². The topological polar surface area (TPSA) is 30.2 Å². The number of benzene rings is 1. The predicted octanol–water partition coefficient (Wildman–Crippen LogP) is 3.22. The summed E-state index contributed by atoms with van der Waals surface area (Å²) in [5, 5.41) is 1.09. The Morgan fingerprint density at radius 2 is 2.12 bits per heavy atom. The Morgan fingerprint density at radius 3 is 2.81 bits per heavy atom. The van der Waals surface area contributed by atoms with E-state index in [4.69, 9.17) is 4.42 Å². The maximum atomic E-state index is 11.3. The molecule has 0 spiro atoms. The summed E-state index contributed by atoms with van der Waals surface area (Å²) in [6.07, 6.45) is 4.09. The number of rotatable bonds is 1. The summed E-state index contributed by atoms with van der Waals surface area (Å²) in [6.45, 7) is 2.03. The molecule has 0 bridgehead atoms. The van der Waals surface area contributed by atoms with E-state index in [1.54, 1.807) is 6.08 Å². The highest BCUT2D eigenvalue weighted by molar-refractivity contribution is 5.94. The molecule has 1 aliphatic rings. The largest absolute Gasteiger partial charge is 0.460 e. The fraction of sp³-hybridized carbons (Fsp3) is 0.214. The van der Waals surface area contributed by atoms with E-state index in [1.807, 2.05) is 43.3 Å². The molecule has 0 N–H and O–H groups in total. The van der Waals surface area contributed by atoms with Crippen LogP contribution in [0.5, 0.6) is 0 Å². The van der Waals surface area contributed by atoms with Crippen molar-refractivity contribution >= 4 is 16.8 Å². The van der Waals surface area contributed by atoms with E-state index in [1.165, 1.54) is 0 Å². The zero-order chi connectivity index (χ0) is 11.2. The van der Waals surface area contributed by atoms with Crippen LogP contribution in [0, 0.1) is 0 Å². The van der Waals surface area contributed by atoms with Crippen LogP contribution in [-0.2, 0) is 10.2 Å². The summed E-state index contributed by atoms with van der Waals surface area (Å²) < 4.78 is 5.80. The molecule has 0 unspecified atom stereocenters. The highest BCUT2D eigenvalue weighted by Gasteiger charge is 2.33. The molecular weight excluding hydrogens is 200 g/mol. The zero-order valence-electron chi connectivity index (χ0n) is 9.07. The number of carbonyl (C=O) groups is 1. The number of carbonyl (C=O) groups excluding carboxylic acids is 1. The Balaban J connectivity index is 2.13. The van der Waals surface area contributed by atoms with Gasteiger partial charge in [0.05, 0.1) is 5.41 Å². The lowest BCUT2D eigenvalue weighted by atomic mass is 9.87. The van der Waals surface area contributed by atoms with Crippen molar-refractivity contribution in [2.45, 2.75) is 18.8 Å². The Morgan fingerprint density at radius 1 is 1.31 bits per heavy atom. The molecule has 0 fully saturated rings. The van der Waals surface area contributed by atoms with Crippen LogP contribution < -0.4 is 0 Å². The number of fused-ring (bicyclic) bond motifs is 1. The van der Waals surface area contributed by atoms with Crippen LogP contribution in [0.15, 0.2) is 46.9 Å². The van der Waals surface area contributed by atoms with Gasteiger partial charge in [0.2, 0.25) is 0 Å². The first-order chi connectivity index (χ1) is 7.67. The molecule has 1 aliphatic carbocycles. The van der Waals surface area contributed by atoms with Gasteiger partial charge in [-0.15, -0.1) is 0 Å². The third kappa shape index (κ3) is 1.30. The first kappa shape index (κ1) is 9.40. The molecule has 1 aromatic heterocycles. The van der Waals surface area contributed by atoms with E-state index in [9.17, 15) is 4.79 Å². The van der Waals surface area contributed by atoms with E-state index in [0.29, 0.717) is 6.42 Å². The fourth-order valence-corrected chi connectivity index (χ4v) is 2.19. The number of furan rings is 1. The molecule has 0 amide bonds. The quantitative estimate of drug-likeness (QED) is 0.726. The molecule has 2 heteroatoms. The van der Waals surface area contributed by atoms with Gasteiger partial charge >= 0.3 is 0 Å². The minimum atomic E-state index is -0.268. The molecule has 2 aromatic rings. The van der Waals surface area contributed by atoms with Gasteiger partial charge in [-0.2, -0.15) is 0 Å². The van der Waals surface area contributed by atoms with Gasteiger partial charge in [-0.1, -0.05) is 24.3 Å². The summed E-state index contributed by atoms with van der Waals surface area (Å²) in [6, 6.07) is 9.93. The SMILES string of the molecule is C[C@]1(c2cc3ccccc3o2)C=CC(=O)C1. The molecule has 1 heterocycles. The molecule has 2 nitrogen and oxygen atoms in total. The maximum Gasteiger partial charge on any atom is 0.156 e. The van der Waals surface area contributed by atoms with E-state index < -0.39 is 0 Å². The lowest BCUT2D eigenvalue weighted by Crippen LogP contribution is -2.16. The summed E-state index contributed by atoms with van der Waals surface area (Å²) in [7, 11) is 0. The maximum absolute atomic E-state index is 11.3. The molecule has 0 aliphatic heterocycles. The number of allylic oxidation sites excluding steroid dienone is 2. The Bertz CT molecular complexity index is 559. The van der Waals surface area contributed by atoms with Crippen LogP contribution in [0.4, 0.5) is 0 Å². The van der Waals surface area contributed by atoms with Crippen molar-refractivity contribution in [3.05, 3.63) is 48.2 Å². The van der Waals surface area contributed by atoms with E-state index >= 15 is 0 Å². The average Bonchev–Trinajstić information content (AvgIpc) is 2.83. The monoisotopic (exact) mass is 212 g/mol. The van der Waals surface area contributed by atoms with Crippen molar-refractivity contribution in [3.8, 4) is 0 Å². The number of ketones is 1. The molecule has 1 aromatic carbocycles. The predicted molar refractivity (Wildman–Crippen MR) is 62.3 cm³/mol. The van der Waals surface area contributed by atoms with Gasteiger partial charge in [-0.3, -0.25) is 4.79 Å². The second kappa shape index (κ2) is 3.08. The fourth-order valence-electron chi connectivity index (χ4n) is 2.19. The number of para-hydroxylation sites is 1. The van der Waals surface area contributed by atoms with Gasteiger partial charge in [0.15, 0.2) is 5.78 Å². The lowest BCUT2D eigenvalue weighted by molar-refractivity contribution is -0.114. The van der Waals surface area contributed by atoms with Gasteiger partial charge in [0.25, 0.3) is 0 Å². The Hall–Kier alpha value is -1.83. The van der Waals surface area contributed by atoms with E-state index in [-0.39, 0.29) is 11.2 Å². The summed E-state index contributed by atoms with van der Waals surface area (Å²) in [4.78, 5) is 11.3. The minimum Gasteiger partial charge on any atom is -0.460 e. The highest BCUT2D eigenvalue weighted by Crippen LogP contribution is 2.36. The summed E-state index contributed by atoms with van der Waals surface area (Å²) in [5.41, 5.74) is 0.613. The van der Waals surface area contributed by atoms with Crippen LogP contribution in [0.2, 0.25) is 0 Å². The minimum absolute atomic E-state index is 0.169. The summed E-state index contributed by atoms with van der Waals surface area (Å²) >= 11 is 0. The third-order valence-electron chi connectivity index (χ3n) is 3.17. The van der Waals surface area contributed by atoms with Gasteiger partial charge < -0.3 is 4.42 Å². The van der Waals surface area contributed by atoms with Crippen LogP contribution in [0.25, 0.3) is 11.0 Å². The first-order valence-corrected chi connectivity index (χ1v) is 5.38. The van der Waals surface area contributed by atoms with E-state index in [0.717, 1.165) is 16.7 Å². The van der Waals surface area contributed by atoms with Gasteiger partial charge in [0.1, 0.15) is 11.3 Å². The molecule has 0 saturated heterocycles. The highest BCUT2D eigenvalue weighted by atomic mass is 16.3. The summed E-state index contributed by atoms with van der Waals surface area (Å²) in [5.74, 6) is 1.04. The van der Waals surface area contributed by atoms with Gasteiger partial charge in [-0.25, -0.2) is 0 Å². The first-order valence-electron chi connectivity index (χ1n) is 5.38. The van der Waals surface area contributed by atoms with Gasteiger partial charge in [-0.05, 0) is 25.1 Å². The second-order valence-electron chi connectivity index (χ2n) is 4.54. The number of hydrogen-bond donors (Lipinski definition) is 0. The van der Waals surface area contributed by atoms with Crippen molar-refractivity contribution in [2.75, 3.05) is 0 Å². The normalized spacial score (nSPS) is 24.4. The molecule has 1 atom stereocenters. The van der Waals surface area contributed by atoms with Crippen LogP contribution in [0.1, 0.15) is 19.1 Å². The Kier molecular flexibility index (Phi) is 1.81. The standard InChI is InChI=1S/C14H12O2/c1-14(7-6-11(15)9-14)13-8-10-4-2-3-5-12(10)16-13/h2-8H,9H2,1H3/t14-/m0/s1. The van der Waals surface area contributed by atoms with Crippen LogP contribution in [-0.4, -0.2) is 5.78 Å². The third-order valence-corrected chi connectivity index (χ3v) is 3.17. The molecule has 16 heavy (non-hydrogen) atoms. The molecule has 3 rings (SSSR count). The van der Waals surface area contributed by atoms with Crippen molar-refractivity contribution in [2.24, 2.45) is 0 Å². The van der Waals surface area contributed by atoms with Crippen LogP contribution >= 0.6 is 0 Å². The van der Waals surface area contributed by atoms with Crippen molar-refractivity contribution in [3.63, 3.8) is 0 Å². The second-order valence-corrected chi connectivity index (χ2v) is 4.54. The zero-order valence-corrected chi connectivity index (χ0v) is 9.07. The molecule has 80 valence electrons. The van der Waals surface area contributed by atoms with Crippen molar-refractivity contribution in [1.29, 1.82) is 0 Å². The molecular formula is C14H12O2. The van der Waals surface area contributed by atoms with Crippen LogP contribution in [0.3, 0.4) is 0 Å². The van der Waals surface area contributed by atoms with E-state index in [2.05, 4.69) is 0 Å². The average molecular weight is 212 g/mol. The Labute approximate surface area is 93.6 Å². The van der Waals surface area contributed by atoms with Crippen molar-refractivity contribution in [1.82, 2.24) is 0 Å².